The van der Waals surface area contributed by atoms with Crippen molar-refractivity contribution in [3.8, 4) is 0 Å². The van der Waals surface area contributed by atoms with Crippen molar-refractivity contribution in [2.24, 2.45) is 0 Å². The molecule has 6 N–H and O–H groups in total. The van der Waals surface area contributed by atoms with Crippen molar-refractivity contribution >= 4 is 81.4 Å². The van der Waals surface area contributed by atoms with Crippen LogP contribution in [0.15, 0.2) is 121 Å². The highest BCUT2D eigenvalue weighted by atomic mass is 16.2. The maximum atomic E-state index is 13.6. The molecule has 486 valence electrons. The molecule has 5 aromatic rings. The number of carbonyl (C=O) groups is 8. The molecule has 16 heteroatoms. The molecule has 5 aromatic carbocycles. The van der Waals surface area contributed by atoms with Crippen LogP contribution >= 0.6 is 0 Å². The second kappa shape index (κ2) is 42.7. The molecule has 0 saturated heterocycles. The Morgan fingerprint density at radius 3 is 0.789 bits per heavy atom. The van der Waals surface area contributed by atoms with Crippen molar-refractivity contribution < 1.29 is 38.4 Å². The summed E-state index contributed by atoms with van der Waals surface area (Å²) in [6.45, 7) is 11.6. The topological polar surface area (TPSA) is 215 Å². The van der Waals surface area contributed by atoms with E-state index in [9.17, 15) is 38.4 Å². The third-order valence-corrected chi connectivity index (χ3v) is 15.9. The molecule has 0 radical (unpaired) electrons. The molecule has 0 atom stereocenters. The Bertz CT molecular complexity index is 2810. The van der Waals surface area contributed by atoms with Crippen LogP contribution in [0.25, 0.3) is 0 Å². The Hall–Kier alpha value is -8.14. The predicted octanol–water partition coefficient (Wildman–Crippen LogP) is 17.2. The highest BCUT2D eigenvalue weighted by Gasteiger charge is 2.19. The summed E-state index contributed by atoms with van der Waals surface area (Å²) in [4.78, 5) is 111. The molecule has 0 spiro atoms. The fourth-order valence-electron chi connectivity index (χ4n) is 10.7. The molecule has 16 nitrogen and oxygen atoms in total. The first-order chi connectivity index (χ1) is 43.8. The number of benzene rings is 5. The second-order valence-corrected chi connectivity index (χ2v) is 23.6. The fourth-order valence-corrected chi connectivity index (χ4v) is 10.7. The van der Waals surface area contributed by atoms with Crippen molar-refractivity contribution in [3.05, 3.63) is 144 Å². The van der Waals surface area contributed by atoms with E-state index in [-0.39, 0.29) is 60.4 Å². The molecule has 0 unspecified atom stereocenters. The average molecular weight is 1230 g/mol. The Labute approximate surface area is 536 Å². The minimum absolute atomic E-state index is 0.00773. The van der Waals surface area contributed by atoms with Gasteiger partial charge in [0, 0.05) is 108 Å². The van der Waals surface area contributed by atoms with Gasteiger partial charge in [-0.05, 0) is 117 Å². The number of anilines is 6. The molecule has 0 bridgehead atoms. The average Bonchev–Trinajstić information content (AvgIpc) is 1.96. The van der Waals surface area contributed by atoms with Gasteiger partial charge in [0.25, 0.3) is 23.6 Å². The van der Waals surface area contributed by atoms with Gasteiger partial charge in [-0.1, -0.05) is 186 Å². The predicted molar refractivity (Wildman–Crippen MR) is 366 cm³/mol. The number of hydrogen-bond donors (Lipinski definition) is 6. The van der Waals surface area contributed by atoms with Crippen molar-refractivity contribution in [2.75, 3.05) is 58.1 Å². The van der Waals surface area contributed by atoms with E-state index in [1.165, 1.54) is 109 Å². The van der Waals surface area contributed by atoms with Crippen LogP contribution in [0.4, 0.5) is 34.1 Å². The summed E-state index contributed by atoms with van der Waals surface area (Å²) in [5, 5.41) is 17.1. The molecule has 0 heterocycles. The van der Waals surface area contributed by atoms with Crippen LogP contribution < -0.4 is 31.9 Å². The summed E-state index contributed by atoms with van der Waals surface area (Å²) in [5.41, 5.74) is 3.43. The normalized spacial score (nSPS) is 10.9. The van der Waals surface area contributed by atoms with Gasteiger partial charge in [-0.25, -0.2) is 0 Å². The number of nitrogens with zero attached hydrogens (tertiary/aromatic N) is 2. The molecule has 90 heavy (non-hydrogen) atoms. The first-order valence-corrected chi connectivity index (χ1v) is 33.7. The van der Waals surface area contributed by atoms with Crippen molar-refractivity contribution in [3.63, 3.8) is 0 Å². The number of hydrogen-bond acceptors (Lipinski definition) is 8. The molecule has 0 fully saturated rings. The summed E-state index contributed by atoms with van der Waals surface area (Å²) in [6.07, 6.45) is 27.7. The second-order valence-electron chi connectivity index (χ2n) is 23.6. The third-order valence-electron chi connectivity index (χ3n) is 15.9. The maximum absolute atomic E-state index is 13.6. The largest absolute Gasteiger partial charge is 0.343 e. The lowest BCUT2D eigenvalue weighted by atomic mass is 10.1. The van der Waals surface area contributed by atoms with Gasteiger partial charge in [-0.3, -0.25) is 38.4 Å². The van der Waals surface area contributed by atoms with E-state index in [4.69, 9.17) is 0 Å². The van der Waals surface area contributed by atoms with Gasteiger partial charge in [0.15, 0.2) is 0 Å². The monoisotopic (exact) mass is 1230 g/mol. The van der Waals surface area contributed by atoms with Gasteiger partial charge < -0.3 is 41.7 Å². The summed E-state index contributed by atoms with van der Waals surface area (Å²) in [7, 11) is 0. The van der Waals surface area contributed by atoms with E-state index < -0.39 is 23.6 Å². The molecule has 5 rings (SSSR count). The van der Waals surface area contributed by atoms with Crippen LogP contribution in [0.5, 0.6) is 0 Å². The van der Waals surface area contributed by atoms with Gasteiger partial charge in [-0.2, -0.15) is 0 Å². The van der Waals surface area contributed by atoms with Crippen LogP contribution in [0.2, 0.25) is 0 Å². The number of rotatable bonds is 44. The third kappa shape index (κ3) is 28.6. The first kappa shape index (κ1) is 72.6. The van der Waals surface area contributed by atoms with E-state index in [2.05, 4.69) is 59.6 Å². The lowest BCUT2D eigenvalue weighted by molar-refractivity contribution is -0.133. The van der Waals surface area contributed by atoms with Crippen molar-refractivity contribution in [1.29, 1.82) is 0 Å². The van der Waals surface area contributed by atoms with E-state index in [1.54, 1.807) is 115 Å². The lowest BCUT2D eigenvalue weighted by Gasteiger charge is -2.23. The molecule has 8 amide bonds. The molecular weight excluding hydrogens is 1130 g/mol. The fraction of sp³-hybridized carbons (Fsp3) is 0.486. The highest BCUT2D eigenvalue weighted by Crippen LogP contribution is 2.23. The molecule has 0 aromatic heterocycles. The Morgan fingerprint density at radius 1 is 0.267 bits per heavy atom. The Balaban J connectivity index is 1.08. The molecular formula is C74H102N8O8. The van der Waals surface area contributed by atoms with Gasteiger partial charge in [-0.15, -0.1) is 0 Å². The minimum atomic E-state index is -0.496. The number of amides is 8. The summed E-state index contributed by atoms with van der Waals surface area (Å²) < 4.78 is 0. The standard InChI is InChI=1S/C74H102N8O8/c1-5-9-13-17-21-25-48-81(49-26-22-18-14-10-6-2)69(85)46-44-67(83)75-61-38-30-36-59(53-61)73(89)79-65-42-32-40-63(55-65)77-71(87)57-34-29-35-58(52-57)72(88)78-64-41-33-43-66(56-64)80-74(90)60-37-31-39-62(54-60)76-68(84)45-47-70(86)82(50-27-23-19-15-11-7-3)51-28-24-20-16-12-8-4/h29-43,52-56H,5-28,44-51H2,1-4H3,(H,75,83)(H,76,84)(H,77,87)(H,78,88)(H,79,89)(H,80,90). The van der Waals surface area contributed by atoms with Gasteiger partial charge in [0.1, 0.15) is 0 Å². The van der Waals surface area contributed by atoms with Crippen LogP contribution in [-0.4, -0.2) is 83.2 Å². The van der Waals surface area contributed by atoms with E-state index >= 15 is 0 Å². The van der Waals surface area contributed by atoms with Gasteiger partial charge in [0.05, 0.1) is 0 Å². The quantitative estimate of drug-likeness (QED) is 0.0206. The smallest absolute Gasteiger partial charge is 0.255 e. The van der Waals surface area contributed by atoms with Crippen LogP contribution in [0.3, 0.4) is 0 Å². The van der Waals surface area contributed by atoms with E-state index in [1.807, 2.05) is 9.80 Å². The number of carbonyl (C=O) groups excluding carboxylic acids is 8. The first-order valence-electron chi connectivity index (χ1n) is 33.7. The van der Waals surface area contributed by atoms with E-state index in [0.717, 1.165) is 51.4 Å². The van der Waals surface area contributed by atoms with Crippen LogP contribution in [-0.2, 0) is 19.2 Å². The van der Waals surface area contributed by atoms with Crippen molar-refractivity contribution in [1.82, 2.24) is 9.80 Å². The summed E-state index contributed by atoms with van der Waals surface area (Å²) in [6, 6.07) is 32.6. The molecule has 0 aliphatic heterocycles. The SMILES string of the molecule is CCCCCCCCN(CCCCCCCC)C(=O)CCC(=O)Nc1cccc(C(=O)Nc2cccc(NC(=O)c3cccc(C(=O)Nc4cccc(NC(=O)c5cccc(NC(=O)CCC(=O)N(CCCCCCCC)CCCCCCCC)c5)c4)c3)c2)c1. The van der Waals surface area contributed by atoms with Crippen molar-refractivity contribution in [2.45, 2.75) is 207 Å². The highest BCUT2D eigenvalue weighted by molar-refractivity contribution is 6.10. The minimum Gasteiger partial charge on any atom is -0.343 e. The van der Waals surface area contributed by atoms with Crippen LogP contribution in [0.1, 0.15) is 249 Å². The summed E-state index contributed by atoms with van der Waals surface area (Å²) in [5.74, 6) is -2.51. The Morgan fingerprint density at radius 2 is 0.500 bits per heavy atom. The van der Waals surface area contributed by atoms with E-state index in [0.29, 0.717) is 71.4 Å². The number of nitrogens with one attached hydrogen (secondary N) is 6. The number of unbranched alkanes of at least 4 members (excludes halogenated alkanes) is 20. The summed E-state index contributed by atoms with van der Waals surface area (Å²) >= 11 is 0. The zero-order chi connectivity index (χ0) is 64.6. The lowest BCUT2D eigenvalue weighted by Crippen LogP contribution is -2.33. The zero-order valence-electron chi connectivity index (χ0n) is 54.3. The zero-order valence-corrected chi connectivity index (χ0v) is 54.3. The molecule has 0 aliphatic rings. The molecule has 0 saturated carbocycles. The maximum Gasteiger partial charge on any atom is 0.255 e. The van der Waals surface area contributed by atoms with Gasteiger partial charge in [0.2, 0.25) is 23.6 Å². The molecule has 0 aliphatic carbocycles. The van der Waals surface area contributed by atoms with Crippen LogP contribution in [0, 0.1) is 0 Å². The Kier molecular flexibility index (Phi) is 34.5. The van der Waals surface area contributed by atoms with Gasteiger partial charge >= 0.3 is 0 Å².